The van der Waals surface area contributed by atoms with Crippen molar-refractivity contribution in [3.8, 4) is 11.5 Å². The van der Waals surface area contributed by atoms with Gasteiger partial charge in [-0.25, -0.2) is 0 Å². The largest absolute Gasteiger partial charge is 0.465 e. The summed E-state index contributed by atoms with van der Waals surface area (Å²) >= 11 is 0. The van der Waals surface area contributed by atoms with Crippen molar-refractivity contribution in [3.05, 3.63) is 54.1 Å². The molecule has 2 atom stereocenters. The van der Waals surface area contributed by atoms with Crippen molar-refractivity contribution < 1.29 is 24.0 Å². The van der Waals surface area contributed by atoms with Crippen molar-refractivity contribution in [2.45, 2.75) is 117 Å². The molecule has 5 nitrogen and oxygen atoms in total. The van der Waals surface area contributed by atoms with E-state index in [0.29, 0.717) is 12.2 Å². The number of hydrogen-bond acceptors (Lipinski definition) is 5. The minimum absolute atomic E-state index is 0.153. The Balaban J connectivity index is 0.000000202. The van der Waals surface area contributed by atoms with Crippen LogP contribution in [0, 0.1) is 6.92 Å². The average Bonchev–Trinajstić information content (AvgIpc) is 2.86. The van der Waals surface area contributed by atoms with Gasteiger partial charge in [0, 0.05) is 0 Å². The van der Waals surface area contributed by atoms with Crippen molar-refractivity contribution in [2.75, 3.05) is 0 Å². The molecule has 4 rings (SSSR count). The smallest absolute Gasteiger partial charge is 0.320 e. The van der Waals surface area contributed by atoms with Gasteiger partial charge >= 0.3 is 6.92 Å². The Bertz CT molecular complexity index is 877. The van der Waals surface area contributed by atoms with E-state index in [1.54, 1.807) is 6.82 Å². The monoisotopic (exact) mass is 496 g/mol. The van der Waals surface area contributed by atoms with Gasteiger partial charge < -0.3 is 24.0 Å². The van der Waals surface area contributed by atoms with Crippen LogP contribution in [0.4, 0.5) is 0 Å². The van der Waals surface area contributed by atoms with Crippen LogP contribution in [-0.4, -0.2) is 36.7 Å². The van der Waals surface area contributed by atoms with Gasteiger partial charge in [-0.2, -0.15) is 0 Å². The Kier molecular flexibility index (Phi) is 12.1. The zero-order chi connectivity index (χ0) is 25.8. The molecule has 0 saturated heterocycles. The highest BCUT2D eigenvalue weighted by atomic mass is 16.7. The van der Waals surface area contributed by atoms with Crippen molar-refractivity contribution >= 4 is 12.4 Å². The topological polar surface area (TPSA) is 57.2 Å². The highest BCUT2D eigenvalue weighted by Gasteiger charge is 2.18. The Morgan fingerprint density at radius 2 is 1.19 bits per heavy atom. The third kappa shape index (κ3) is 10.5. The second kappa shape index (κ2) is 15.3. The molecule has 2 unspecified atom stereocenters. The van der Waals surface area contributed by atoms with Gasteiger partial charge in [-0.3, -0.25) is 0 Å². The molecular formula is C30H45BO5. The summed E-state index contributed by atoms with van der Waals surface area (Å²) in [6.07, 6.45) is 12.8. The lowest BCUT2D eigenvalue weighted by Crippen LogP contribution is -2.28. The molecular weight excluding hydrogens is 451 g/mol. The molecule has 2 saturated carbocycles. The fraction of sp³-hybridized carbons (Fsp3) is 0.600. The second-order valence-electron chi connectivity index (χ2n) is 10.2. The molecule has 0 radical (unpaired) electrons. The summed E-state index contributed by atoms with van der Waals surface area (Å²) in [5.74, 6) is 1.65. The third-order valence-corrected chi connectivity index (χ3v) is 6.81. The number of hydrogen-bond donors (Lipinski definition) is 1. The molecule has 0 amide bonds. The molecule has 0 heterocycles. The predicted octanol–water partition coefficient (Wildman–Crippen LogP) is 6.65. The predicted molar refractivity (Wildman–Crippen MR) is 147 cm³/mol. The maximum Gasteiger partial charge on any atom is 0.320 e. The molecule has 1 N–H and O–H groups in total. The summed E-state index contributed by atoms with van der Waals surface area (Å²) in [4.78, 5) is 0. The molecule has 2 aliphatic rings. The maximum atomic E-state index is 9.56. The molecule has 36 heavy (non-hydrogen) atoms. The van der Waals surface area contributed by atoms with Crippen molar-refractivity contribution in [1.29, 1.82) is 0 Å². The van der Waals surface area contributed by atoms with Gasteiger partial charge in [-0.15, -0.1) is 0 Å². The first-order valence-electron chi connectivity index (χ1n) is 13.9. The summed E-state index contributed by atoms with van der Waals surface area (Å²) in [5.41, 5.74) is 2.08. The van der Waals surface area contributed by atoms with E-state index in [1.807, 2.05) is 56.3 Å². The Morgan fingerprint density at radius 1 is 0.722 bits per heavy atom. The Hall–Kier alpha value is -2.02. The molecule has 6 heteroatoms. The minimum atomic E-state index is -0.474. The summed E-state index contributed by atoms with van der Waals surface area (Å²) in [6, 6.07) is 15.7. The van der Waals surface area contributed by atoms with Gasteiger partial charge in [0.1, 0.15) is 11.5 Å². The van der Waals surface area contributed by atoms with Gasteiger partial charge in [0.2, 0.25) is 0 Å². The summed E-state index contributed by atoms with van der Waals surface area (Å²) in [7, 11) is 0. The first kappa shape index (κ1) is 28.6. The number of benzene rings is 2. The number of ether oxygens (including phenoxy) is 4. The fourth-order valence-electron chi connectivity index (χ4n) is 4.92. The summed E-state index contributed by atoms with van der Waals surface area (Å²) in [6.45, 7) is 7.26. The van der Waals surface area contributed by atoms with E-state index in [-0.39, 0.29) is 12.6 Å². The third-order valence-electron chi connectivity index (χ3n) is 6.81. The van der Waals surface area contributed by atoms with Crippen LogP contribution in [0.15, 0.2) is 48.5 Å². The van der Waals surface area contributed by atoms with E-state index in [1.165, 1.54) is 56.9 Å². The van der Waals surface area contributed by atoms with E-state index >= 15 is 0 Å². The van der Waals surface area contributed by atoms with Crippen LogP contribution in [0.1, 0.15) is 83.6 Å². The van der Waals surface area contributed by atoms with Gasteiger partial charge in [0.15, 0.2) is 12.6 Å². The Morgan fingerprint density at radius 3 is 1.67 bits per heavy atom. The van der Waals surface area contributed by atoms with Crippen LogP contribution in [0.3, 0.4) is 0 Å². The van der Waals surface area contributed by atoms with E-state index in [2.05, 4.69) is 13.0 Å². The molecule has 0 spiro atoms. The number of rotatable bonds is 9. The summed E-state index contributed by atoms with van der Waals surface area (Å²) < 4.78 is 23.4. The minimum Gasteiger partial charge on any atom is -0.465 e. The van der Waals surface area contributed by atoms with Crippen LogP contribution in [0.25, 0.3) is 0 Å². The maximum absolute atomic E-state index is 9.56. The fourth-order valence-corrected chi connectivity index (χ4v) is 4.92. The van der Waals surface area contributed by atoms with Gasteiger partial charge in [0.25, 0.3) is 0 Å². The molecule has 2 aromatic carbocycles. The van der Waals surface area contributed by atoms with E-state index in [9.17, 15) is 5.02 Å². The molecule has 0 bridgehead atoms. The van der Waals surface area contributed by atoms with Crippen molar-refractivity contribution in [3.63, 3.8) is 0 Å². The molecule has 198 valence electrons. The molecule has 2 aliphatic carbocycles. The van der Waals surface area contributed by atoms with Crippen LogP contribution in [0.5, 0.6) is 11.5 Å². The van der Waals surface area contributed by atoms with Gasteiger partial charge in [-0.1, -0.05) is 69.6 Å². The normalized spacial score (nSPS) is 18.5. The molecule has 0 aliphatic heterocycles. The van der Waals surface area contributed by atoms with Crippen LogP contribution in [0.2, 0.25) is 6.82 Å². The zero-order valence-electron chi connectivity index (χ0n) is 22.7. The lowest BCUT2D eigenvalue weighted by Gasteiger charge is -2.26. The highest BCUT2D eigenvalue weighted by molar-refractivity contribution is 6.64. The first-order valence-corrected chi connectivity index (χ1v) is 13.9. The van der Waals surface area contributed by atoms with Gasteiger partial charge in [0.05, 0.1) is 12.2 Å². The van der Waals surface area contributed by atoms with Crippen LogP contribution in [-0.2, 0) is 9.47 Å². The quantitative estimate of drug-likeness (QED) is 0.311. The average molecular weight is 496 g/mol. The molecule has 0 aromatic heterocycles. The first-order chi connectivity index (χ1) is 17.4. The number of aryl methyl sites for hydroxylation is 1. The lowest BCUT2D eigenvalue weighted by atomic mass is 9.64. The lowest BCUT2D eigenvalue weighted by molar-refractivity contribution is -0.117. The SMILES string of the molecule is CB(O)c1cccc(OC(C)OC2CCCCC2)c1.Cc1cccc(OC(C)OC2CCCCC2)c1. The van der Waals surface area contributed by atoms with Crippen LogP contribution < -0.4 is 14.9 Å². The molecule has 2 aromatic rings. The van der Waals surface area contributed by atoms with E-state index < -0.39 is 6.92 Å². The van der Waals surface area contributed by atoms with Crippen molar-refractivity contribution in [2.24, 2.45) is 0 Å². The summed E-state index contributed by atoms with van der Waals surface area (Å²) in [5, 5.41) is 9.56. The van der Waals surface area contributed by atoms with Crippen LogP contribution >= 0.6 is 0 Å². The van der Waals surface area contributed by atoms with E-state index in [4.69, 9.17) is 18.9 Å². The van der Waals surface area contributed by atoms with E-state index in [0.717, 1.165) is 29.8 Å². The van der Waals surface area contributed by atoms with Crippen molar-refractivity contribution in [1.82, 2.24) is 0 Å². The Labute approximate surface area is 218 Å². The van der Waals surface area contributed by atoms with Gasteiger partial charge in [-0.05, 0) is 81.7 Å². The zero-order valence-corrected chi connectivity index (χ0v) is 22.7. The standard InChI is InChI=1S/C15H23BO3.C15H22O2/c1-12(18-14-8-4-3-5-9-14)19-15-10-6-7-13(11-15)16(2)17;1-12-7-6-10-15(11-12)17-13(2)16-14-8-4-3-5-9-14/h6-7,10-12,14,17H,3-5,8-9H2,1-2H3;6-7,10-11,13-14H,3-5,8-9H2,1-2H3. The molecule has 2 fully saturated rings. The second-order valence-corrected chi connectivity index (χ2v) is 10.2. The highest BCUT2D eigenvalue weighted by Crippen LogP contribution is 2.24.